The Kier molecular flexibility index (Phi) is 4.63. The van der Waals surface area contributed by atoms with E-state index in [-0.39, 0.29) is 0 Å². The monoisotopic (exact) mass is 258 g/mol. The summed E-state index contributed by atoms with van der Waals surface area (Å²) in [6.45, 7) is 2.98. The summed E-state index contributed by atoms with van der Waals surface area (Å²) < 4.78 is 5.37. The third-order valence-electron chi connectivity index (χ3n) is 3.47. The highest BCUT2D eigenvalue weighted by atomic mass is 16.3. The Morgan fingerprint density at radius 3 is 2.47 bits per heavy atom. The summed E-state index contributed by atoms with van der Waals surface area (Å²) in [4.78, 5) is 2.18. The Bertz CT molecular complexity index is 472. The van der Waals surface area contributed by atoms with Crippen LogP contribution in [0.1, 0.15) is 30.7 Å². The number of hydrogen-bond acceptors (Lipinski definition) is 3. The lowest BCUT2D eigenvalue weighted by Crippen LogP contribution is -2.17. The van der Waals surface area contributed by atoms with Crippen LogP contribution < -0.4 is 10.2 Å². The van der Waals surface area contributed by atoms with Crippen molar-refractivity contribution >= 4 is 5.69 Å². The second-order valence-electron chi connectivity index (χ2n) is 4.78. The maximum atomic E-state index is 5.37. The third kappa shape index (κ3) is 3.38. The van der Waals surface area contributed by atoms with Gasteiger partial charge < -0.3 is 14.6 Å². The van der Waals surface area contributed by atoms with Crippen LogP contribution in [0.3, 0.4) is 0 Å². The van der Waals surface area contributed by atoms with Gasteiger partial charge in [-0.3, -0.25) is 0 Å². The van der Waals surface area contributed by atoms with Crippen LogP contribution in [0.25, 0.3) is 0 Å². The first-order valence-corrected chi connectivity index (χ1v) is 6.75. The van der Waals surface area contributed by atoms with Crippen LogP contribution in [-0.4, -0.2) is 14.1 Å². The normalized spacial score (nSPS) is 12.4. The lowest BCUT2D eigenvalue weighted by molar-refractivity contribution is 0.507. The van der Waals surface area contributed by atoms with E-state index in [1.807, 2.05) is 19.2 Å². The molecule has 0 amide bonds. The first kappa shape index (κ1) is 13.7. The first-order valence-electron chi connectivity index (χ1n) is 6.75. The molecule has 0 fully saturated rings. The molecule has 0 spiro atoms. The molecule has 1 N–H and O–H groups in total. The Hall–Kier alpha value is -1.74. The number of nitrogens with one attached hydrogen (secondary N) is 1. The highest BCUT2D eigenvalue weighted by Crippen LogP contribution is 2.21. The predicted molar refractivity (Wildman–Crippen MR) is 79.3 cm³/mol. The van der Waals surface area contributed by atoms with Crippen molar-refractivity contribution in [2.45, 2.75) is 25.9 Å². The fraction of sp³-hybridized carbons (Fsp3) is 0.375. The summed E-state index contributed by atoms with van der Waals surface area (Å²) in [7, 11) is 4.08. The molecule has 0 aliphatic heterocycles. The molecular weight excluding hydrogens is 236 g/mol. The van der Waals surface area contributed by atoms with E-state index in [0.29, 0.717) is 6.04 Å². The Labute approximate surface area is 115 Å². The molecule has 2 aromatic rings. The number of benzene rings is 1. The second kappa shape index (κ2) is 6.43. The van der Waals surface area contributed by atoms with E-state index >= 15 is 0 Å². The maximum Gasteiger partial charge on any atom is 0.123 e. The predicted octanol–water partition coefficient (Wildman–Crippen LogP) is 3.59. The van der Waals surface area contributed by atoms with Crippen molar-refractivity contribution in [1.29, 1.82) is 0 Å². The molecule has 0 radical (unpaired) electrons. The van der Waals surface area contributed by atoms with Gasteiger partial charge in [0.2, 0.25) is 0 Å². The summed E-state index contributed by atoms with van der Waals surface area (Å²) in [5.41, 5.74) is 2.53. The van der Waals surface area contributed by atoms with Gasteiger partial charge in [0.25, 0.3) is 0 Å². The second-order valence-corrected chi connectivity index (χ2v) is 4.78. The summed E-state index contributed by atoms with van der Waals surface area (Å²) in [6.07, 6.45) is 2.81. The van der Waals surface area contributed by atoms with Crippen LogP contribution >= 0.6 is 0 Å². The van der Waals surface area contributed by atoms with E-state index in [1.165, 1.54) is 11.3 Å². The Balaban J connectivity index is 2.05. The molecule has 19 heavy (non-hydrogen) atoms. The van der Waals surface area contributed by atoms with E-state index < -0.39 is 0 Å². The summed E-state index contributed by atoms with van der Waals surface area (Å²) in [6, 6.07) is 13.1. The quantitative estimate of drug-likeness (QED) is 0.858. The maximum absolute atomic E-state index is 5.37. The molecular formula is C16H22N2O. The van der Waals surface area contributed by atoms with Crippen molar-refractivity contribution in [3.05, 3.63) is 54.0 Å². The largest absolute Gasteiger partial charge is 0.467 e. The zero-order chi connectivity index (χ0) is 13.7. The summed E-state index contributed by atoms with van der Waals surface area (Å²) in [5, 5.41) is 3.32. The molecule has 1 heterocycles. The highest BCUT2D eigenvalue weighted by molar-refractivity contribution is 5.47. The zero-order valence-corrected chi connectivity index (χ0v) is 11.9. The number of furan rings is 1. The minimum absolute atomic E-state index is 0.435. The topological polar surface area (TPSA) is 28.4 Å². The highest BCUT2D eigenvalue weighted by Gasteiger charge is 2.08. The van der Waals surface area contributed by atoms with Crippen molar-refractivity contribution in [2.75, 3.05) is 19.0 Å². The van der Waals surface area contributed by atoms with Crippen molar-refractivity contribution < 1.29 is 4.42 Å². The van der Waals surface area contributed by atoms with Gasteiger partial charge in [0.15, 0.2) is 0 Å². The SMILES string of the molecule is CCC(NC)c1ccc(N(C)Cc2ccco2)cc1. The van der Waals surface area contributed by atoms with Crippen LogP contribution in [0.2, 0.25) is 0 Å². The van der Waals surface area contributed by atoms with Gasteiger partial charge >= 0.3 is 0 Å². The van der Waals surface area contributed by atoms with E-state index in [1.54, 1.807) is 6.26 Å². The molecule has 1 aromatic heterocycles. The van der Waals surface area contributed by atoms with E-state index in [4.69, 9.17) is 4.42 Å². The smallest absolute Gasteiger partial charge is 0.123 e. The first-order chi connectivity index (χ1) is 9.24. The fourth-order valence-corrected chi connectivity index (χ4v) is 2.30. The standard InChI is InChI=1S/C16H22N2O/c1-4-16(17-2)13-7-9-14(10-8-13)18(3)12-15-6-5-11-19-15/h5-11,16-17H,4,12H2,1-3H3. The molecule has 3 nitrogen and oxygen atoms in total. The lowest BCUT2D eigenvalue weighted by Gasteiger charge is -2.20. The number of anilines is 1. The average molecular weight is 258 g/mol. The molecule has 1 aromatic carbocycles. The van der Waals surface area contributed by atoms with Crippen LogP contribution in [0, 0.1) is 0 Å². The summed E-state index contributed by atoms with van der Waals surface area (Å²) >= 11 is 0. The fourth-order valence-electron chi connectivity index (χ4n) is 2.30. The Morgan fingerprint density at radius 1 is 1.21 bits per heavy atom. The van der Waals surface area contributed by atoms with Crippen molar-refractivity contribution in [3.63, 3.8) is 0 Å². The Morgan fingerprint density at radius 2 is 1.95 bits per heavy atom. The van der Waals surface area contributed by atoms with Crippen molar-refractivity contribution in [1.82, 2.24) is 5.32 Å². The van der Waals surface area contributed by atoms with E-state index in [0.717, 1.165) is 18.7 Å². The molecule has 1 unspecified atom stereocenters. The molecule has 0 saturated heterocycles. The summed E-state index contributed by atoms with van der Waals surface area (Å²) in [5.74, 6) is 0.980. The molecule has 0 aliphatic rings. The zero-order valence-electron chi connectivity index (χ0n) is 11.9. The van der Waals surface area contributed by atoms with Crippen LogP contribution in [-0.2, 0) is 6.54 Å². The van der Waals surface area contributed by atoms with Gasteiger partial charge in [0, 0.05) is 18.8 Å². The molecule has 102 valence electrons. The lowest BCUT2D eigenvalue weighted by atomic mass is 10.0. The minimum atomic E-state index is 0.435. The van der Waals surface area contributed by atoms with Gasteiger partial charge in [0.1, 0.15) is 5.76 Å². The van der Waals surface area contributed by atoms with Crippen LogP contribution in [0.15, 0.2) is 47.1 Å². The molecule has 3 heteroatoms. The van der Waals surface area contributed by atoms with Gasteiger partial charge in [-0.2, -0.15) is 0 Å². The molecule has 1 atom stereocenters. The van der Waals surface area contributed by atoms with Gasteiger partial charge in [-0.25, -0.2) is 0 Å². The van der Waals surface area contributed by atoms with Gasteiger partial charge in [-0.1, -0.05) is 19.1 Å². The molecule has 2 rings (SSSR count). The van der Waals surface area contributed by atoms with Crippen molar-refractivity contribution in [3.8, 4) is 0 Å². The molecule has 0 aliphatic carbocycles. The van der Waals surface area contributed by atoms with Crippen LogP contribution in [0.4, 0.5) is 5.69 Å². The van der Waals surface area contributed by atoms with Crippen molar-refractivity contribution in [2.24, 2.45) is 0 Å². The number of rotatable bonds is 6. The van der Waals surface area contributed by atoms with Gasteiger partial charge in [-0.05, 0) is 43.3 Å². The minimum Gasteiger partial charge on any atom is -0.467 e. The van der Waals surface area contributed by atoms with E-state index in [9.17, 15) is 0 Å². The van der Waals surface area contributed by atoms with Gasteiger partial charge in [-0.15, -0.1) is 0 Å². The molecule has 0 saturated carbocycles. The number of nitrogens with zero attached hydrogens (tertiary/aromatic N) is 1. The average Bonchev–Trinajstić information content (AvgIpc) is 2.94. The number of hydrogen-bond donors (Lipinski definition) is 1. The molecule has 0 bridgehead atoms. The third-order valence-corrected chi connectivity index (χ3v) is 3.47. The van der Waals surface area contributed by atoms with E-state index in [2.05, 4.69) is 48.5 Å². The van der Waals surface area contributed by atoms with Crippen LogP contribution in [0.5, 0.6) is 0 Å². The van der Waals surface area contributed by atoms with Gasteiger partial charge in [0.05, 0.1) is 12.8 Å².